The first kappa shape index (κ1) is 12.7. The van der Waals surface area contributed by atoms with Crippen LogP contribution in [0.2, 0.25) is 0 Å². The van der Waals surface area contributed by atoms with Crippen LogP contribution in [0.15, 0.2) is 11.4 Å². The van der Waals surface area contributed by atoms with E-state index < -0.39 is 15.9 Å². The minimum absolute atomic E-state index is 0.0570. The van der Waals surface area contributed by atoms with Gasteiger partial charge in [-0.25, -0.2) is 18.2 Å². The number of carbonyl (C=O) groups excluding carboxylic acids is 1. The van der Waals surface area contributed by atoms with Gasteiger partial charge in [0.05, 0.1) is 5.56 Å². The van der Waals surface area contributed by atoms with Crippen molar-refractivity contribution in [3.63, 3.8) is 0 Å². The SMILES string of the molecule is CC(C)N1C(=O)OCc2cnc(S(C)(=O)=O)nc21. The van der Waals surface area contributed by atoms with E-state index in [9.17, 15) is 13.2 Å². The van der Waals surface area contributed by atoms with Gasteiger partial charge in [0, 0.05) is 18.5 Å². The largest absolute Gasteiger partial charge is 0.444 e. The summed E-state index contributed by atoms with van der Waals surface area (Å²) in [6.45, 7) is 3.64. The van der Waals surface area contributed by atoms with E-state index in [4.69, 9.17) is 4.74 Å². The molecule has 1 aromatic heterocycles. The van der Waals surface area contributed by atoms with Crippen molar-refractivity contribution in [2.75, 3.05) is 11.2 Å². The van der Waals surface area contributed by atoms with Gasteiger partial charge in [-0.1, -0.05) is 0 Å². The Balaban J connectivity index is 2.59. The Kier molecular flexibility index (Phi) is 2.97. The highest BCUT2D eigenvalue weighted by Crippen LogP contribution is 2.26. The average Bonchev–Trinajstić information content (AvgIpc) is 2.26. The van der Waals surface area contributed by atoms with E-state index in [1.807, 2.05) is 0 Å². The first-order valence-electron chi connectivity index (χ1n) is 5.32. The maximum atomic E-state index is 11.7. The fourth-order valence-corrected chi connectivity index (χ4v) is 2.12. The highest BCUT2D eigenvalue weighted by Gasteiger charge is 2.31. The Hall–Kier alpha value is -1.70. The molecule has 0 fully saturated rings. The van der Waals surface area contributed by atoms with Gasteiger partial charge in [-0.2, -0.15) is 4.98 Å². The molecule has 0 spiro atoms. The number of cyclic esters (lactones) is 1. The molecule has 1 aromatic rings. The number of hydrogen-bond acceptors (Lipinski definition) is 6. The third-order valence-electron chi connectivity index (χ3n) is 2.44. The van der Waals surface area contributed by atoms with Crippen LogP contribution in [0, 0.1) is 0 Å². The number of carbonyl (C=O) groups is 1. The van der Waals surface area contributed by atoms with Crippen LogP contribution in [0.3, 0.4) is 0 Å². The van der Waals surface area contributed by atoms with E-state index >= 15 is 0 Å². The molecule has 0 saturated heterocycles. The van der Waals surface area contributed by atoms with Crippen molar-refractivity contribution >= 4 is 21.7 Å². The Morgan fingerprint density at radius 3 is 2.67 bits per heavy atom. The Morgan fingerprint density at radius 2 is 2.11 bits per heavy atom. The van der Waals surface area contributed by atoms with E-state index in [2.05, 4.69) is 9.97 Å². The molecule has 0 aliphatic carbocycles. The van der Waals surface area contributed by atoms with Gasteiger partial charge in [0.2, 0.25) is 15.0 Å². The molecule has 0 atom stereocenters. The molecule has 2 rings (SSSR count). The summed E-state index contributed by atoms with van der Waals surface area (Å²) >= 11 is 0. The lowest BCUT2D eigenvalue weighted by Crippen LogP contribution is -2.41. The lowest BCUT2D eigenvalue weighted by molar-refractivity contribution is 0.139. The second-order valence-electron chi connectivity index (χ2n) is 4.29. The number of aromatic nitrogens is 2. The zero-order valence-corrected chi connectivity index (χ0v) is 11.1. The summed E-state index contributed by atoms with van der Waals surface area (Å²) < 4.78 is 27.8. The number of sulfone groups is 1. The molecule has 2 heterocycles. The fraction of sp³-hybridized carbons (Fsp3) is 0.500. The first-order chi connectivity index (χ1) is 8.30. The molecule has 0 N–H and O–H groups in total. The summed E-state index contributed by atoms with van der Waals surface area (Å²) in [4.78, 5) is 20.7. The average molecular weight is 271 g/mol. The lowest BCUT2D eigenvalue weighted by Gasteiger charge is -2.30. The van der Waals surface area contributed by atoms with Crippen molar-refractivity contribution in [1.29, 1.82) is 0 Å². The molecule has 1 aliphatic heterocycles. The highest BCUT2D eigenvalue weighted by molar-refractivity contribution is 7.90. The summed E-state index contributed by atoms with van der Waals surface area (Å²) in [5.74, 6) is 0.302. The van der Waals surface area contributed by atoms with Gasteiger partial charge >= 0.3 is 6.09 Å². The van der Waals surface area contributed by atoms with Gasteiger partial charge in [-0.15, -0.1) is 0 Å². The summed E-state index contributed by atoms with van der Waals surface area (Å²) in [5, 5.41) is -0.290. The molecular weight excluding hydrogens is 258 g/mol. The monoisotopic (exact) mass is 271 g/mol. The van der Waals surface area contributed by atoms with Crippen LogP contribution in [0.4, 0.5) is 10.6 Å². The van der Waals surface area contributed by atoms with Crippen LogP contribution in [0.1, 0.15) is 19.4 Å². The minimum atomic E-state index is -3.50. The summed E-state index contributed by atoms with van der Waals surface area (Å²) in [7, 11) is -3.50. The summed E-state index contributed by atoms with van der Waals surface area (Å²) in [6, 6.07) is -0.182. The van der Waals surface area contributed by atoms with Gasteiger partial charge in [-0.05, 0) is 13.8 Å². The third-order valence-corrected chi connectivity index (χ3v) is 3.30. The molecule has 1 aliphatic rings. The Morgan fingerprint density at radius 1 is 1.44 bits per heavy atom. The Labute approximate surface area is 105 Å². The number of hydrogen-bond donors (Lipinski definition) is 0. The van der Waals surface area contributed by atoms with E-state index in [0.29, 0.717) is 11.4 Å². The number of nitrogens with zero attached hydrogens (tertiary/aromatic N) is 3. The molecule has 0 saturated carbocycles. The van der Waals surface area contributed by atoms with Crippen molar-refractivity contribution in [1.82, 2.24) is 9.97 Å². The highest BCUT2D eigenvalue weighted by atomic mass is 32.2. The molecule has 0 radical (unpaired) electrons. The van der Waals surface area contributed by atoms with Crippen LogP contribution >= 0.6 is 0 Å². The summed E-state index contributed by atoms with van der Waals surface area (Å²) in [5.41, 5.74) is 0.593. The van der Waals surface area contributed by atoms with Crippen molar-refractivity contribution in [3.8, 4) is 0 Å². The van der Waals surface area contributed by atoms with Crippen LogP contribution in [-0.2, 0) is 21.2 Å². The number of rotatable bonds is 2. The molecule has 7 nitrogen and oxygen atoms in total. The van der Waals surface area contributed by atoms with Crippen molar-refractivity contribution in [2.24, 2.45) is 0 Å². The second kappa shape index (κ2) is 4.20. The maximum absolute atomic E-state index is 11.7. The first-order valence-corrected chi connectivity index (χ1v) is 7.22. The fourth-order valence-electron chi connectivity index (χ4n) is 1.62. The van der Waals surface area contributed by atoms with E-state index in [1.165, 1.54) is 11.1 Å². The molecule has 0 bridgehead atoms. The lowest BCUT2D eigenvalue weighted by atomic mass is 10.2. The molecular formula is C10H13N3O4S. The summed E-state index contributed by atoms with van der Waals surface area (Å²) in [6.07, 6.45) is 1.87. The molecule has 1 amide bonds. The van der Waals surface area contributed by atoms with E-state index in [-0.39, 0.29) is 17.8 Å². The van der Waals surface area contributed by atoms with Gasteiger partial charge < -0.3 is 4.74 Å². The minimum Gasteiger partial charge on any atom is -0.444 e. The second-order valence-corrected chi connectivity index (χ2v) is 6.20. The Bertz CT molecular complexity index is 597. The number of fused-ring (bicyclic) bond motifs is 1. The van der Waals surface area contributed by atoms with Crippen molar-refractivity contribution in [2.45, 2.75) is 31.7 Å². The number of amides is 1. The van der Waals surface area contributed by atoms with Crippen molar-refractivity contribution in [3.05, 3.63) is 11.8 Å². The normalized spacial score (nSPS) is 15.6. The van der Waals surface area contributed by atoms with Gasteiger partial charge in [0.25, 0.3) is 0 Å². The zero-order chi connectivity index (χ0) is 13.5. The van der Waals surface area contributed by atoms with E-state index in [0.717, 1.165) is 6.26 Å². The molecule has 18 heavy (non-hydrogen) atoms. The number of anilines is 1. The molecule has 0 unspecified atom stereocenters. The van der Waals surface area contributed by atoms with Crippen molar-refractivity contribution < 1.29 is 17.9 Å². The van der Waals surface area contributed by atoms with Gasteiger partial charge in [0.1, 0.15) is 12.4 Å². The predicted molar refractivity (Wildman–Crippen MR) is 62.9 cm³/mol. The van der Waals surface area contributed by atoms with Crippen LogP contribution in [0.5, 0.6) is 0 Å². The molecule has 0 aromatic carbocycles. The molecule has 8 heteroatoms. The standard InChI is InChI=1S/C10H13N3O4S/c1-6(2)13-8-7(5-17-10(13)14)4-11-9(12-8)18(3,15)16/h4,6H,5H2,1-3H3. The zero-order valence-electron chi connectivity index (χ0n) is 10.2. The third kappa shape index (κ3) is 2.15. The maximum Gasteiger partial charge on any atom is 0.416 e. The van der Waals surface area contributed by atoms with Gasteiger partial charge in [-0.3, -0.25) is 4.90 Å². The van der Waals surface area contributed by atoms with Crippen LogP contribution in [-0.4, -0.2) is 36.8 Å². The number of ether oxygens (including phenoxy) is 1. The van der Waals surface area contributed by atoms with Gasteiger partial charge in [0.15, 0.2) is 0 Å². The predicted octanol–water partition coefficient (Wildman–Crippen LogP) is 0.745. The topological polar surface area (TPSA) is 89.5 Å². The molecule has 98 valence electrons. The smallest absolute Gasteiger partial charge is 0.416 e. The quantitative estimate of drug-likeness (QED) is 0.737. The van der Waals surface area contributed by atoms with Crippen LogP contribution in [0.25, 0.3) is 0 Å². The van der Waals surface area contributed by atoms with E-state index in [1.54, 1.807) is 13.8 Å². The van der Waals surface area contributed by atoms with Crippen LogP contribution < -0.4 is 4.90 Å².